The van der Waals surface area contributed by atoms with Crippen LogP contribution in [0.4, 0.5) is 4.79 Å². The Labute approximate surface area is 156 Å². The highest BCUT2D eigenvalue weighted by Crippen LogP contribution is 2.30. The molecule has 2 aromatic rings. The van der Waals surface area contributed by atoms with Crippen molar-refractivity contribution in [1.29, 1.82) is 0 Å². The van der Waals surface area contributed by atoms with Crippen LogP contribution >= 0.6 is 0 Å². The van der Waals surface area contributed by atoms with Crippen LogP contribution in [0.25, 0.3) is 0 Å². The standard InChI is InChI=1S/C19H19N3O5/c1-19(13-5-4-6-15(11-13)27-3)17(24)22(18(25)20-19)21-16(23)12-7-9-14(26-2)10-8-12/h4-11H,1-3H3,(H,20,25)(H,21,23)/t19-/m0/s1. The van der Waals surface area contributed by atoms with Gasteiger partial charge < -0.3 is 14.8 Å². The van der Waals surface area contributed by atoms with Gasteiger partial charge in [0.05, 0.1) is 14.2 Å². The van der Waals surface area contributed by atoms with Crippen molar-refractivity contribution in [3.63, 3.8) is 0 Å². The molecule has 0 bridgehead atoms. The molecule has 0 radical (unpaired) electrons. The van der Waals surface area contributed by atoms with Crippen LogP contribution in [0.5, 0.6) is 11.5 Å². The molecule has 0 unspecified atom stereocenters. The lowest BCUT2D eigenvalue weighted by Gasteiger charge is -2.22. The molecule has 0 spiro atoms. The lowest BCUT2D eigenvalue weighted by atomic mass is 9.92. The van der Waals surface area contributed by atoms with Gasteiger partial charge in [-0.05, 0) is 48.9 Å². The van der Waals surface area contributed by atoms with E-state index in [1.54, 1.807) is 43.3 Å². The molecule has 8 heteroatoms. The summed E-state index contributed by atoms with van der Waals surface area (Å²) < 4.78 is 10.2. The summed E-state index contributed by atoms with van der Waals surface area (Å²) in [6.45, 7) is 1.57. The first-order valence-corrected chi connectivity index (χ1v) is 8.15. The Balaban J connectivity index is 1.81. The second-order valence-electron chi connectivity index (χ2n) is 6.10. The quantitative estimate of drug-likeness (QED) is 0.784. The molecule has 1 heterocycles. The number of hydrogen-bond donors (Lipinski definition) is 2. The molecule has 1 aliphatic rings. The fraction of sp³-hybridized carbons (Fsp3) is 0.211. The third-order valence-corrected chi connectivity index (χ3v) is 4.40. The smallest absolute Gasteiger partial charge is 0.344 e. The topological polar surface area (TPSA) is 97.0 Å². The van der Waals surface area contributed by atoms with Crippen molar-refractivity contribution >= 4 is 17.8 Å². The molecular formula is C19H19N3O5. The fourth-order valence-electron chi connectivity index (χ4n) is 2.78. The zero-order valence-electron chi connectivity index (χ0n) is 15.1. The summed E-state index contributed by atoms with van der Waals surface area (Å²) in [7, 11) is 3.03. The second-order valence-corrected chi connectivity index (χ2v) is 6.10. The van der Waals surface area contributed by atoms with Crippen LogP contribution < -0.4 is 20.2 Å². The molecule has 27 heavy (non-hydrogen) atoms. The molecule has 2 N–H and O–H groups in total. The van der Waals surface area contributed by atoms with Gasteiger partial charge in [0.1, 0.15) is 17.0 Å². The van der Waals surface area contributed by atoms with Crippen molar-refractivity contribution < 1.29 is 23.9 Å². The first kappa shape index (κ1) is 18.2. The van der Waals surface area contributed by atoms with E-state index in [9.17, 15) is 14.4 Å². The van der Waals surface area contributed by atoms with E-state index in [-0.39, 0.29) is 5.56 Å². The van der Waals surface area contributed by atoms with Crippen LogP contribution in [-0.4, -0.2) is 37.1 Å². The number of methoxy groups -OCH3 is 2. The molecule has 1 fully saturated rings. The number of carbonyl (C=O) groups is 3. The number of ether oxygens (including phenoxy) is 2. The van der Waals surface area contributed by atoms with E-state index in [0.717, 1.165) is 0 Å². The zero-order chi connectivity index (χ0) is 19.6. The van der Waals surface area contributed by atoms with Crippen LogP contribution in [-0.2, 0) is 10.3 Å². The lowest BCUT2D eigenvalue weighted by molar-refractivity contribution is -0.132. The number of urea groups is 1. The Morgan fingerprint density at radius 3 is 2.33 bits per heavy atom. The summed E-state index contributed by atoms with van der Waals surface area (Å²) in [4.78, 5) is 37.6. The Kier molecular flexibility index (Phi) is 4.72. The molecule has 1 atom stereocenters. The van der Waals surface area contributed by atoms with Crippen molar-refractivity contribution in [2.45, 2.75) is 12.5 Å². The summed E-state index contributed by atoms with van der Waals surface area (Å²) in [5.41, 5.74) is 1.85. The molecule has 4 amide bonds. The maximum absolute atomic E-state index is 12.9. The van der Waals surface area contributed by atoms with E-state index in [1.165, 1.54) is 26.4 Å². The van der Waals surface area contributed by atoms with Crippen LogP contribution in [0, 0.1) is 0 Å². The van der Waals surface area contributed by atoms with E-state index >= 15 is 0 Å². The summed E-state index contributed by atoms with van der Waals surface area (Å²) in [6.07, 6.45) is 0. The minimum atomic E-state index is -1.32. The number of nitrogens with one attached hydrogen (secondary N) is 2. The van der Waals surface area contributed by atoms with E-state index in [1.807, 2.05) is 0 Å². The van der Waals surface area contributed by atoms with E-state index < -0.39 is 23.4 Å². The molecule has 0 aliphatic carbocycles. The molecule has 140 valence electrons. The Morgan fingerprint density at radius 2 is 1.70 bits per heavy atom. The number of amides is 4. The first-order chi connectivity index (χ1) is 12.9. The average molecular weight is 369 g/mol. The molecule has 1 aliphatic heterocycles. The molecule has 2 aromatic carbocycles. The van der Waals surface area contributed by atoms with E-state index in [0.29, 0.717) is 22.1 Å². The maximum Gasteiger partial charge on any atom is 0.344 e. The second kappa shape index (κ2) is 6.99. The number of imide groups is 1. The highest BCUT2D eigenvalue weighted by molar-refractivity contribution is 6.09. The Bertz CT molecular complexity index is 896. The van der Waals surface area contributed by atoms with Crippen LogP contribution in [0.15, 0.2) is 48.5 Å². The number of nitrogens with zero attached hydrogens (tertiary/aromatic N) is 1. The van der Waals surface area contributed by atoms with E-state index in [2.05, 4.69) is 10.7 Å². The highest BCUT2D eigenvalue weighted by atomic mass is 16.5. The van der Waals surface area contributed by atoms with Gasteiger partial charge in [-0.25, -0.2) is 4.79 Å². The number of benzene rings is 2. The predicted octanol–water partition coefficient (Wildman–Crippen LogP) is 1.82. The van der Waals surface area contributed by atoms with Gasteiger partial charge in [0.2, 0.25) is 0 Å². The normalized spacial score (nSPS) is 18.9. The van der Waals surface area contributed by atoms with Crippen molar-refractivity contribution in [3.8, 4) is 11.5 Å². The molecule has 0 saturated carbocycles. The number of rotatable bonds is 5. The van der Waals surface area contributed by atoms with Crippen LogP contribution in [0.1, 0.15) is 22.8 Å². The van der Waals surface area contributed by atoms with E-state index in [4.69, 9.17) is 9.47 Å². The van der Waals surface area contributed by atoms with Crippen molar-refractivity contribution in [1.82, 2.24) is 15.8 Å². The first-order valence-electron chi connectivity index (χ1n) is 8.15. The molecule has 0 aromatic heterocycles. The van der Waals surface area contributed by atoms with Gasteiger partial charge in [0, 0.05) is 5.56 Å². The SMILES string of the molecule is COc1ccc(C(=O)NN2C(=O)N[C@@](C)(c3cccc(OC)c3)C2=O)cc1. The van der Waals surface area contributed by atoms with Gasteiger partial charge in [0.15, 0.2) is 0 Å². The monoisotopic (exact) mass is 369 g/mol. The number of hydrogen-bond acceptors (Lipinski definition) is 5. The number of carbonyl (C=O) groups excluding carboxylic acids is 3. The van der Waals surface area contributed by atoms with Gasteiger partial charge in [-0.15, -0.1) is 0 Å². The van der Waals surface area contributed by atoms with Gasteiger partial charge in [-0.1, -0.05) is 12.1 Å². The third kappa shape index (κ3) is 3.29. The Hall–Kier alpha value is -3.55. The van der Waals surface area contributed by atoms with Gasteiger partial charge in [-0.2, -0.15) is 5.01 Å². The summed E-state index contributed by atoms with van der Waals surface area (Å²) in [5, 5.41) is 3.31. The van der Waals surface area contributed by atoms with Gasteiger partial charge in [0.25, 0.3) is 11.8 Å². The largest absolute Gasteiger partial charge is 0.497 e. The minimum absolute atomic E-state index is 0.284. The van der Waals surface area contributed by atoms with Crippen molar-refractivity contribution in [3.05, 3.63) is 59.7 Å². The summed E-state index contributed by atoms with van der Waals surface area (Å²) in [6, 6.07) is 12.4. The Morgan fingerprint density at radius 1 is 1.04 bits per heavy atom. The third-order valence-electron chi connectivity index (χ3n) is 4.40. The van der Waals surface area contributed by atoms with Crippen LogP contribution in [0.2, 0.25) is 0 Å². The van der Waals surface area contributed by atoms with Gasteiger partial charge >= 0.3 is 6.03 Å². The average Bonchev–Trinajstić information content (AvgIpc) is 2.92. The minimum Gasteiger partial charge on any atom is -0.497 e. The number of hydrazine groups is 1. The van der Waals surface area contributed by atoms with Crippen molar-refractivity contribution in [2.75, 3.05) is 14.2 Å². The van der Waals surface area contributed by atoms with Crippen molar-refractivity contribution in [2.24, 2.45) is 0 Å². The maximum atomic E-state index is 12.9. The predicted molar refractivity (Wildman–Crippen MR) is 96.2 cm³/mol. The zero-order valence-corrected chi connectivity index (χ0v) is 15.1. The van der Waals surface area contributed by atoms with Crippen LogP contribution in [0.3, 0.4) is 0 Å². The summed E-state index contributed by atoms with van der Waals surface area (Å²) in [5.74, 6) is -0.0395. The molecule has 1 saturated heterocycles. The molecular weight excluding hydrogens is 350 g/mol. The molecule has 8 nitrogen and oxygen atoms in total. The lowest BCUT2D eigenvalue weighted by Crippen LogP contribution is -2.47. The van der Waals surface area contributed by atoms with Gasteiger partial charge in [-0.3, -0.25) is 15.0 Å². The highest BCUT2D eigenvalue weighted by Gasteiger charge is 2.50. The fourth-order valence-corrected chi connectivity index (χ4v) is 2.78. The molecule has 3 rings (SSSR count). The summed E-state index contributed by atoms with van der Waals surface area (Å²) >= 11 is 0.